The summed E-state index contributed by atoms with van der Waals surface area (Å²) < 4.78 is 13.5. The van der Waals surface area contributed by atoms with Crippen molar-refractivity contribution < 1.29 is 9.18 Å². The van der Waals surface area contributed by atoms with Crippen LogP contribution in [-0.4, -0.2) is 53.5 Å². The summed E-state index contributed by atoms with van der Waals surface area (Å²) >= 11 is 5.91. The lowest BCUT2D eigenvalue weighted by atomic mass is 10.1. The van der Waals surface area contributed by atoms with E-state index in [1.54, 1.807) is 18.3 Å². The van der Waals surface area contributed by atoms with E-state index in [2.05, 4.69) is 25.5 Å². The third kappa shape index (κ3) is 6.73. The topological polar surface area (TPSA) is 70.2 Å². The minimum atomic E-state index is -0.351. The number of likely N-dealkylation sites (tertiary alicyclic amines) is 1. The maximum absolute atomic E-state index is 13.5. The second kappa shape index (κ2) is 11.2. The first-order valence-corrected chi connectivity index (χ1v) is 11.6. The summed E-state index contributed by atoms with van der Waals surface area (Å²) in [4.78, 5) is 23.8. The number of benzene rings is 2. The van der Waals surface area contributed by atoms with Gasteiger partial charge in [-0.3, -0.25) is 4.79 Å². The number of aromatic nitrogens is 2. The van der Waals surface area contributed by atoms with Gasteiger partial charge in [0.1, 0.15) is 5.82 Å². The van der Waals surface area contributed by atoms with E-state index < -0.39 is 0 Å². The van der Waals surface area contributed by atoms with Crippen LogP contribution in [0.25, 0.3) is 11.3 Å². The van der Waals surface area contributed by atoms with E-state index in [9.17, 15) is 9.18 Å². The summed E-state index contributed by atoms with van der Waals surface area (Å²) in [6, 6.07) is 13.7. The number of nitrogens with zero attached hydrogens (tertiary/aromatic N) is 3. The smallest absolute Gasteiger partial charge is 0.251 e. The molecular formula is C25H27ClFN5O. The quantitative estimate of drug-likeness (QED) is 0.487. The predicted octanol–water partition coefficient (Wildman–Crippen LogP) is 4.42. The lowest BCUT2D eigenvalue weighted by molar-refractivity contribution is 0.0950. The number of anilines is 1. The third-order valence-electron chi connectivity index (χ3n) is 5.61. The fraction of sp³-hybridized carbons (Fsp3) is 0.320. The van der Waals surface area contributed by atoms with Crippen molar-refractivity contribution in [1.29, 1.82) is 0 Å². The zero-order valence-corrected chi connectivity index (χ0v) is 19.1. The van der Waals surface area contributed by atoms with Crippen molar-refractivity contribution in [3.8, 4) is 11.3 Å². The van der Waals surface area contributed by atoms with Gasteiger partial charge in [-0.15, -0.1) is 0 Å². The van der Waals surface area contributed by atoms with Crippen molar-refractivity contribution in [2.45, 2.75) is 19.3 Å². The SMILES string of the molecule is O=C(NCCN1CCCC1)c1cccc(-c2ccnc(NCCc3cc(F)cc(Cl)c3)n2)c1. The van der Waals surface area contributed by atoms with Gasteiger partial charge in [-0.1, -0.05) is 23.7 Å². The highest BCUT2D eigenvalue weighted by molar-refractivity contribution is 6.30. The summed E-state index contributed by atoms with van der Waals surface area (Å²) in [6.07, 6.45) is 4.74. The maximum Gasteiger partial charge on any atom is 0.251 e. The minimum Gasteiger partial charge on any atom is -0.354 e. The molecule has 6 nitrogen and oxygen atoms in total. The van der Waals surface area contributed by atoms with Crippen molar-refractivity contribution in [2.75, 3.05) is 38.0 Å². The van der Waals surface area contributed by atoms with Crippen LogP contribution in [-0.2, 0) is 6.42 Å². The fourth-order valence-electron chi connectivity index (χ4n) is 3.93. The summed E-state index contributed by atoms with van der Waals surface area (Å²) in [7, 11) is 0. The van der Waals surface area contributed by atoms with Gasteiger partial charge in [0.2, 0.25) is 5.95 Å². The Morgan fingerprint density at radius 2 is 1.94 bits per heavy atom. The van der Waals surface area contributed by atoms with Crippen LogP contribution in [0.1, 0.15) is 28.8 Å². The van der Waals surface area contributed by atoms with E-state index >= 15 is 0 Å². The van der Waals surface area contributed by atoms with Crippen LogP contribution < -0.4 is 10.6 Å². The van der Waals surface area contributed by atoms with Crippen LogP contribution in [0.4, 0.5) is 10.3 Å². The molecule has 0 atom stereocenters. The molecule has 1 fully saturated rings. The summed E-state index contributed by atoms with van der Waals surface area (Å²) in [5.74, 6) is 0.0309. The van der Waals surface area contributed by atoms with Crippen LogP contribution in [0.3, 0.4) is 0 Å². The molecule has 3 aromatic rings. The molecule has 172 valence electrons. The van der Waals surface area contributed by atoms with Crippen LogP contribution in [0.15, 0.2) is 54.7 Å². The number of carbonyl (C=O) groups excluding carboxylic acids is 1. The van der Waals surface area contributed by atoms with E-state index in [1.165, 1.54) is 25.0 Å². The fourth-order valence-corrected chi connectivity index (χ4v) is 4.18. The van der Waals surface area contributed by atoms with Gasteiger partial charge in [0.05, 0.1) is 5.69 Å². The molecule has 33 heavy (non-hydrogen) atoms. The Balaban J connectivity index is 1.34. The van der Waals surface area contributed by atoms with Gasteiger partial charge in [-0.05, 0) is 74.3 Å². The van der Waals surface area contributed by atoms with Crippen molar-refractivity contribution in [3.05, 3.63) is 76.7 Å². The first-order valence-electron chi connectivity index (χ1n) is 11.2. The molecule has 1 amide bonds. The molecule has 0 unspecified atom stereocenters. The molecule has 0 saturated carbocycles. The number of amides is 1. The summed E-state index contributed by atoms with van der Waals surface area (Å²) in [5.41, 5.74) is 2.95. The predicted molar refractivity (Wildman–Crippen MR) is 129 cm³/mol. The number of hydrogen-bond acceptors (Lipinski definition) is 5. The number of nitrogens with one attached hydrogen (secondary N) is 2. The van der Waals surface area contributed by atoms with Crippen LogP contribution >= 0.6 is 11.6 Å². The third-order valence-corrected chi connectivity index (χ3v) is 5.83. The largest absolute Gasteiger partial charge is 0.354 e. The standard InChI is InChI=1S/C25H27ClFN5O/c26-21-14-18(15-22(27)17-21)6-8-29-25-30-9-7-23(31-25)19-4-3-5-20(16-19)24(33)28-10-13-32-11-1-2-12-32/h3-5,7,9,14-17H,1-2,6,8,10-13H2,(H,28,33)(H,29,30,31). The van der Waals surface area contributed by atoms with E-state index in [-0.39, 0.29) is 11.7 Å². The van der Waals surface area contributed by atoms with Gasteiger partial charge in [0.15, 0.2) is 0 Å². The molecule has 4 rings (SSSR count). The van der Waals surface area contributed by atoms with E-state index in [0.717, 1.165) is 30.8 Å². The number of hydrogen-bond donors (Lipinski definition) is 2. The Bertz CT molecular complexity index is 1080. The average Bonchev–Trinajstić information content (AvgIpc) is 3.32. The number of carbonyl (C=O) groups is 1. The minimum absolute atomic E-state index is 0.0859. The molecule has 1 saturated heterocycles. The van der Waals surface area contributed by atoms with Gasteiger partial charge in [0.25, 0.3) is 5.91 Å². The zero-order chi connectivity index (χ0) is 23.0. The molecule has 8 heteroatoms. The Morgan fingerprint density at radius 1 is 1.09 bits per heavy atom. The van der Waals surface area contributed by atoms with Crippen LogP contribution in [0.2, 0.25) is 5.02 Å². The normalized spacial score (nSPS) is 13.8. The molecule has 2 aromatic carbocycles. The molecule has 0 aliphatic carbocycles. The van der Waals surface area contributed by atoms with E-state index in [0.29, 0.717) is 41.7 Å². The van der Waals surface area contributed by atoms with Gasteiger partial charge in [0, 0.05) is 42.0 Å². The van der Waals surface area contributed by atoms with Gasteiger partial charge >= 0.3 is 0 Å². The first kappa shape index (κ1) is 23.1. The zero-order valence-electron chi connectivity index (χ0n) is 18.4. The van der Waals surface area contributed by atoms with Gasteiger partial charge in [-0.2, -0.15) is 0 Å². The lowest BCUT2D eigenvalue weighted by Crippen LogP contribution is -2.33. The molecule has 0 bridgehead atoms. The first-order chi connectivity index (χ1) is 16.1. The van der Waals surface area contributed by atoms with Gasteiger partial charge < -0.3 is 15.5 Å². The van der Waals surface area contributed by atoms with Gasteiger partial charge in [-0.25, -0.2) is 14.4 Å². The summed E-state index contributed by atoms with van der Waals surface area (Å²) in [6.45, 7) is 4.29. The van der Waals surface area contributed by atoms with E-state index in [1.807, 2.05) is 24.3 Å². The monoisotopic (exact) mass is 467 g/mol. The average molecular weight is 468 g/mol. The molecule has 1 aromatic heterocycles. The lowest BCUT2D eigenvalue weighted by Gasteiger charge is -2.14. The van der Waals surface area contributed by atoms with Crippen molar-refractivity contribution in [3.63, 3.8) is 0 Å². The maximum atomic E-state index is 13.5. The number of rotatable bonds is 9. The second-order valence-corrected chi connectivity index (χ2v) is 8.54. The van der Waals surface area contributed by atoms with Crippen LogP contribution in [0.5, 0.6) is 0 Å². The molecule has 2 heterocycles. The van der Waals surface area contributed by atoms with Crippen LogP contribution in [0, 0.1) is 5.82 Å². The molecule has 2 N–H and O–H groups in total. The van der Waals surface area contributed by atoms with Crippen molar-refractivity contribution in [1.82, 2.24) is 20.2 Å². The molecule has 1 aliphatic heterocycles. The Morgan fingerprint density at radius 3 is 2.76 bits per heavy atom. The highest BCUT2D eigenvalue weighted by atomic mass is 35.5. The molecule has 1 aliphatic rings. The highest BCUT2D eigenvalue weighted by Gasteiger charge is 2.12. The summed E-state index contributed by atoms with van der Waals surface area (Å²) in [5, 5.41) is 6.55. The molecule has 0 radical (unpaired) electrons. The Hall–Kier alpha value is -3.03. The number of halogens is 2. The molecule has 0 spiro atoms. The van der Waals surface area contributed by atoms with E-state index in [4.69, 9.17) is 11.6 Å². The second-order valence-electron chi connectivity index (χ2n) is 8.11. The van der Waals surface area contributed by atoms with Crippen molar-refractivity contribution in [2.24, 2.45) is 0 Å². The van der Waals surface area contributed by atoms with Crippen molar-refractivity contribution >= 4 is 23.5 Å². The Kier molecular flexibility index (Phi) is 7.86. The Labute approximate surface area is 198 Å². The molecular weight excluding hydrogens is 441 g/mol. The highest BCUT2D eigenvalue weighted by Crippen LogP contribution is 2.20.